The fraction of sp³-hybridized carbons (Fsp3) is 0.0930. The average Bonchev–Trinajstić information content (AvgIpc) is 1.21. The number of anilines is 5. The molecule has 0 spiro atoms. The van der Waals surface area contributed by atoms with Crippen LogP contribution in [-0.2, 0) is 11.8 Å². The van der Waals surface area contributed by atoms with E-state index in [-0.39, 0.29) is 12.1 Å². The van der Waals surface area contributed by atoms with Gasteiger partial charge < -0.3 is 19.2 Å². The molecule has 0 bridgehead atoms. The van der Waals surface area contributed by atoms with Gasteiger partial charge in [0.15, 0.2) is 0 Å². The SMILES string of the molecule is CCCCc1cc2oc3ccccc3c2c(-c2ccccc2)c1-c1c(-n2c3ccccc3c3ccccc32)ccc2c1Nc1cc(C(C)(C)C)cc3c1B2c1cc(-c2ccccc2)ccc1N3c1c(-c2ccccc2)cc(-c2ccccc2)cc1-c1ccccc1. The van der Waals surface area contributed by atoms with Gasteiger partial charge >= 0.3 is 0 Å². The lowest BCUT2D eigenvalue weighted by atomic mass is 9.33. The van der Waals surface area contributed by atoms with E-state index in [0.29, 0.717) is 0 Å². The number of benzene rings is 13. The molecule has 91 heavy (non-hydrogen) atoms. The molecule has 1 N–H and O–H groups in total. The molecule has 15 aromatic rings. The first kappa shape index (κ1) is 54.3. The minimum atomic E-state index is -0.247. The number of hydrogen-bond acceptors (Lipinski definition) is 3. The smallest absolute Gasteiger partial charge is 0.252 e. The van der Waals surface area contributed by atoms with Gasteiger partial charge in [-0.25, -0.2) is 0 Å². The highest BCUT2D eigenvalue weighted by Gasteiger charge is 2.45. The molecule has 434 valence electrons. The Labute approximate surface area is 532 Å². The summed E-state index contributed by atoms with van der Waals surface area (Å²) in [5.41, 5.74) is 31.0. The number of aromatic nitrogens is 1. The van der Waals surface area contributed by atoms with E-state index < -0.39 is 0 Å². The molecule has 0 radical (unpaired) electrons. The summed E-state index contributed by atoms with van der Waals surface area (Å²) in [6.07, 6.45) is 2.92. The summed E-state index contributed by atoms with van der Waals surface area (Å²) in [7, 11) is 0. The minimum absolute atomic E-state index is 0.210. The zero-order valence-electron chi connectivity index (χ0n) is 51.6. The maximum atomic E-state index is 7.01. The summed E-state index contributed by atoms with van der Waals surface area (Å²) in [5.74, 6) is 0. The van der Waals surface area contributed by atoms with E-state index in [0.717, 1.165) is 108 Å². The van der Waals surface area contributed by atoms with Crippen LogP contribution in [0.15, 0.2) is 290 Å². The molecule has 4 heterocycles. The van der Waals surface area contributed by atoms with Gasteiger partial charge in [0.05, 0.1) is 22.4 Å². The Morgan fingerprint density at radius 3 is 1.56 bits per heavy atom. The van der Waals surface area contributed by atoms with E-state index >= 15 is 0 Å². The summed E-state index contributed by atoms with van der Waals surface area (Å²) in [6, 6.07) is 106. The predicted octanol–water partition coefficient (Wildman–Crippen LogP) is 21.7. The number of unbranched alkanes of at least 4 members (excludes halogenated alkanes) is 1. The molecule has 0 atom stereocenters. The van der Waals surface area contributed by atoms with Crippen molar-refractivity contribution < 1.29 is 4.42 Å². The Bertz CT molecular complexity index is 5220. The van der Waals surface area contributed by atoms with Gasteiger partial charge in [-0.05, 0) is 151 Å². The van der Waals surface area contributed by atoms with Crippen LogP contribution in [0, 0.1) is 0 Å². The van der Waals surface area contributed by atoms with E-state index in [1.54, 1.807) is 0 Å². The Kier molecular flexibility index (Phi) is 13.0. The molecule has 13 aromatic carbocycles. The topological polar surface area (TPSA) is 33.3 Å². The first-order chi connectivity index (χ1) is 44.8. The van der Waals surface area contributed by atoms with Crippen molar-refractivity contribution in [2.75, 3.05) is 10.2 Å². The summed E-state index contributed by atoms with van der Waals surface area (Å²) >= 11 is 0. The number of hydrogen-bond donors (Lipinski definition) is 1. The van der Waals surface area contributed by atoms with Crippen LogP contribution in [0.4, 0.5) is 28.4 Å². The van der Waals surface area contributed by atoms with E-state index in [1.807, 2.05) is 0 Å². The van der Waals surface area contributed by atoms with E-state index in [1.165, 1.54) is 82.9 Å². The molecule has 0 saturated carbocycles. The lowest BCUT2D eigenvalue weighted by molar-refractivity contribution is 0.591. The summed E-state index contributed by atoms with van der Waals surface area (Å²) in [6.45, 7) is 9.20. The summed E-state index contributed by atoms with van der Waals surface area (Å²) < 4.78 is 9.57. The number of nitrogens with one attached hydrogen (secondary N) is 1. The van der Waals surface area contributed by atoms with Crippen LogP contribution >= 0.6 is 0 Å². The standard InChI is InChI=1S/C86H66BN3O/c1-5-6-28-61-52-78-81(66-41-24-27-44-77(66)91-78)79(59-37-20-11-21-38-59)80(61)82-75(89-72-42-25-22-39-64(72)65-40-23-26-43-73(65)89)48-46-69-84(82)88-71-53-63(86(2,3)4)54-76-83(71)87(69)70-51-60(55-29-12-7-13-30-55)45-47-74(70)90(76)85-67(57-33-16-9-17-34-57)49-62(56-31-14-8-15-32-56)50-68(85)58-35-18-10-19-36-58/h7-27,29-54,88H,5-6,28H2,1-4H3. The van der Waals surface area contributed by atoms with Gasteiger partial charge in [0.1, 0.15) is 11.2 Å². The Morgan fingerprint density at radius 2 is 0.956 bits per heavy atom. The van der Waals surface area contributed by atoms with Crippen molar-refractivity contribution in [1.82, 2.24) is 4.57 Å². The van der Waals surface area contributed by atoms with Crippen LogP contribution in [0.25, 0.3) is 116 Å². The summed E-state index contributed by atoms with van der Waals surface area (Å²) in [5, 5.41) is 9.19. The van der Waals surface area contributed by atoms with E-state index in [2.05, 4.69) is 328 Å². The van der Waals surface area contributed by atoms with E-state index in [9.17, 15) is 0 Å². The largest absolute Gasteiger partial charge is 0.456 e. The van der Waals surface area contributed by atoms with Crippen LogP contribution in [0.2, 0.25) is 0 Å². The van der Waals surface area contributed by atoms with Crippen molar-refractivity contribution in [3.05, 3.63) is 296 Å². The van der Waals surface area contributed by atoms with Crippen molar-refractivity contribution in [3.8, 4) is 72.4 Å². The number of rotatable bonds is 11. The second-order valence-corrected chi connectivity index (χ2v) is 25.8. The molecule has 0 saturated heterocycles. The Hall–Kier alpha value is -10.9. The molecule has 2 aliphatic rings. The third-order valence-corrected chi connectivity index (χ3v) is 19.3. The third kappa shape index (κ3) is 8.89. The number of fused-ring (bicyclic) bond motifs is 10. The van der Waals surface area contributed by atoms with Gasteiger partial charge in [-0.1, -0.05) is 259 Å². The summed E-state index contributed by atoms with van der Waals surface area (Å²) in [4.78, 5) is 2.66. The number of nitrogens with zero attached hydrogens (tertiary/aromatic N) is 2. The van der Waals surface area contributed by atoms with Crippen LogP contribution in [0.5, 0.6) is 0 Å². The highest BCUT2D eigenvalue weighted by molar-refractivity contribution is 7.00. The van der Waals surface area contributed by atoms with Gasteiger partial charge in [-0.15, -0.1) is 0 Å². The molecule has 0 aliphatic carbocycles. The number of para-hydroxylation sites is 3. The fourth-order valence-electron chi connectivity index (χ4n) is 15.1. The van der Waals surface area contributed by atoms with Crippen LogP contribution in [-0.4, -0.2) is 11.3 Å². The van der Waals surface area contributed by atoms with Crippen molar-refractivity contribution in [3.63, 3.8) is 0 Å². The second kappa shape index (κ2) is 21.7. The Balaban J connectivity index is 1.04. The van der Waals surface area contributed by atoms with Crippen molar-refractivity contribution in [1.29, 1.82) is 0 Å². The van der Waals surface area contributed by atoms with Gasteiger partial charge in [0.25, 0.3) is 6.71 Å². The molecule has 0 amide bonds. The van der Waals surface area contributed by atoms with Crippen molar-refractivity contribution in [2.24, 2.45) is 0 Å². The molecule has 0 fully saturated rings. The molecule has 2 aliphatic heterocycles. The normalized spacial score (nSPS) is 12.6. The monoisotopic (exact) mass is 1170 g/mol. The predicted molar refractivity (Wildman–Crippen MR) is 387 cm³/mol. The molecular weight excluding hydrogens is 1100 g/mol. The molecule has 5 heteroatoms. The number of furan rings is 1. The molecule has 2 aromatic heterocycles. The lowest BCUT2D eigenvalue weighted by Gasteiger charge is -2.44. The van der Waals surface area contributed by atoms with Gasteiger partial charge in [0, 0.05) is 66.5 Å². The van der Waals surface area contributed by atoms with E-state index in [4.69, 9.17) is 4.42 Å². The fourth-order valence-corrected chi connectivity index (χ4v) is 15.1. The van der Waals surface area contributed by atoms with Crippen molar-refractivity contribution in [2.45, 2.75) is 52.4 Å². The average molecular weight is 1170 g/mol. The van der Waals surface area contributed by atoms with Crippen molar-refractivity contribution >= 4 is 95.3 Å². The van der Waals surface area contributed by atoms with Crippen LogP contribution in [0.3, 0.4) is 0 Å². The van der Waals surface area contributed by atoms with Crippen LogP contribution in [0.1, 0.15) is 51.7 Å². The second-order valence-electron chi connectivity index (χ2n) is 25.8. The maximum Gasteiger partial charge on any atom is 0.252 e. The molecular formula is C86H66BN3O. The molecule has 4 nitrogen and oxygen atoms in total. The first-order valence-corrected chi connectivity index (χ1v) is 32.2. The maximum absolute atomic E-state index is 7.01. The van der Waals surface area contributed by atoms with Gasteiger partial charge in [-0.2, -0.15) is 0 Å². The quantitative estimate of drug-likeness (QED) is 0.131. The molecule has 0 unspecified atom stereocenters. The van der Waals surface area contributed by atoms with Gasteiger partial charge in [-0.3, -0.25) is 0 Å². The Morgan fingerprint density at radius 1 is 0.418 bits per heavy atom. The van der Waals surface area contributed by atoms with Crippen LogP contribution < -0.4 is 26.6 Å². The zero-order chi connectivity index (χ0) is 60.9. The minimum Gasteiger partial charge on any atom is -0.456 e. The first-order valence-electron chi connectivity index (χ1n) is 32.2. The highest BCUT2D eigenvalue weighted by atomic mass is 16.3. The lowest BCUT2D eigenvalue weighted by Crippen LogP contribution is -2.60. The van der Waals surface area contributed by atoms with Gasteiger partial charge in [0.2, 0.25) is 0 Å². The third-order valence-electron chi connectivity index (χ3n) is 19.3. The zero-order valence-corrected chi connectivity index (χ0v) is 51.6. The molecule has 17 rings (SSSR count). The number of aryl methyl sites for hydroxylation is 1. The highest BCUT2D eigenvalue weighted by Crippen LogP contribution is 2.54.